The number of para-hydroxylation sites is 2. The van der Waals surface area contributed by atoms with Crippen molar-refractivity contribution in [3.05, 3.63) is 303 Å². The third-order valence-corrected chi connectivity index (χ3v) is 19.8. The Labute approximate surface area is 527 Å². The van der Waals surface area contributed by atoms with Crippen LogP contribution < -0.4 is 52.1 Å². The molecule has 13 aromatic rings. The topological polar surface area (TPSA) is 24.9 Å². The Morgan fingerprint density at radius 2 is 0.644 bits per heavy atom. The van der Waals surface area contributed by atoms with Crippen LogP contribution in [-0.2, 0) is 0 Å². The highest BCUT2D eigenvalue weighted by Gasteiger charge is 2.48. The summed E-state index contributed by atoms with van der Waals surface area (Å²) >= 11 is 0. The highest BCUT2D eigenvalue weighted by atomic mass is 16.5. The zero-order valence-corrected chi connectivity index (χ0v) is 49.8. The van der Waals surface area contributed by atoms with Gasteiger partial charge in [-0.15, -0.1) is 0 Å². The highest BCUT2D eigenvalue weighted by Crippen LogP contribution is 2.51. The molecule has 18 rings (SSSR count). The van der Waals surface area contributed by atoms with Gasteiger partial charge in [-0.25, -0.2) is 0 Å². The van der Waals surface area contributed by atoms with Crippen molar-refractivity contribution in [2.24, 2.45) is 0 Å². The molecule has 90 heavy (non-hydrogen) atoms. The lowest BCUT2D eigenvalue weighted by Gasteiger charge is -2.44. The molecule has 0 amide bonds. The van der Waals surface area contributed by atoms with E-state index in [1.54, 1.807) is 0 Å². The molecule has 1 aliphatic carbocycles. The van der Waals surface area contributed by atoms with Gasteiger partial charge >= 0.3 is 0 Å². The van der Waals surface area contributed by atoms with E-state index in [1.165, 1.54) is 59.7 Å². The lowest BCUT2D eigenvalue weighted by Crippen LogP contribution is -2.63. The number of nitrogens with zero attached hydrogens (tertiary/aromatic N) is 2. The van der Waals surface area contributed by atoms with Crippen molar-refractivity contribution >= 4 is 80.3 Å². The summed E-state index contributed by atoms with van der Waals surface area (Å²) in [4.78, 5) is 5.07. The van der Waals surface area contributed by atoms with Gasteiger partial charge in [0.15, 0.2) is 0 Å². The zero-order chi connectivity index (χ0) is 59.2. The van der Waals surface area contributed by atoms with Gasteiger partial charge in [0, 0.05) is 39.9 Å². The molecular weight excluding hydrogens is 1090 g/mol. The first-order valence-electron chi connectivity index (χ1n) is 32.0. The summed E-state index contributed by atoms with van der Waals surface area (Å²) in [6, 6.07) is 110. The number of ether oxygens (including phenoxy) is 2. The van der Waals surface area contributed by atoms with E-state index in [1.807, 2.05) is 0 Å². The smallest absolute Gasteiger partial charge is 0.256 e. The van der Waals surface area contributed by atoms with Crippen LogP contribution in [0.5, 0.6) is 23.0 Å². The van der Waals surface area contributed by atoms with Crippen LogP contribution in [0.1, 0.15) is 43.6 Å². The Balaban J connectivity index is 0.910. The van der Waals surface area contributed by atoms with E-state index in [-0.39, 0.29) is 13.4 Å². The lowest BCUT2D eigenvalue weighted by molar-refractivity contribution is 0.443. The minimum atomic E-state index is -0.210. The SMILES string of the molecule is c1ccc(-c2ccc3c(c2)Oc2cc(-c4ccc(C5CCCCC5)cc4)cc4c2B3c2cc3c(cc2N4c2ccccc2-c2ccccc2)Oc2cc(-c4ccccc4)cc4c2B3c2ccc(-c3ccccc3)cc2N4c2ccccc2-c2ccccc2)cc1. The van der Waals surface area contributed by atoms with Crippen molar-refractivity contribution in [3.63, 3.8) is 0 Å². The van der Waals surface area contributed by atoms with Gasteiger partial charge in [-0.1, -0.05) is 262 Å². The first kappa shape index (κ1) is 52.3. The van der Waals surface area contributed by atoms with Crippen LogP contribution in [0.4, 0.5) is 34.1 Å². The number of hydrogen-bond donors (Lipinski definition) is 0. The summed E-state index contributed by atoms with van der Waals surface area (Å²) in [7, 11) is 0. The Kier molecular flexibility index (Phi) is 12.5. The summed E-state index contributed by atoms with van der Waals surface area (Å²) in [5.74, 6) is 4.04. The van der Waals surface area contributed by atoms with E-state index in [4.69, 9.17) is 9.47 Å². The van der Waals surface area contributed by atoms with E-state index in [0.29, 0.717) is 5.92 Å². The maximum atomic E-state index is 7.76. The third-order valence-electron chi connectivity index (χ3n) is 19.8. The van der Waals surface area contributed by atoms with Gasteiger partial charge in [-0.3, -0.25) is 0 Å². The van der Waals surface area contributed by atoms with E-state index < -0.39 is 0 Å². The normalized spacial score (nSPS) is 14.0. The Morgan fingerprint density at radius 1 is 0.256 bits per heavy atom. The van der Waals surface area contributed by atoms with Gasteiger partial charge in [0.2, 0.25) is 0 Å². The minimum Gasteiger partial charge on any atom is -0.458 e. The standard InChI is InChI=1S/C84H60B2N2O2/c1-7-23-55(24-8-1)59-39-41-60(42-40-59)66-49-78-84-82(52-66)89-79-50-64(57-27-11-3-12-28-57)44-46-70(79)86(84)71-53-72-80(54-76(71)88(78)74-38-22-20-36-68(74)62-33-17-6-18-34-62)90-81-51-65(58-29-13-4-14-30-58)48-77-83(81)85(72)69-45-43-63(56-25-9-2-10-26-56)47-75(69)87(77)73-37-21-19-35-67(73)61-31-15-5-16-32-61/h2-6,9-22,25-55H,1,7-8,23-24H2. The largest absolute Gasteiger partial charge is 0.458 e. The van der Waals surface area contributed by atoms with E-state index >= 15 is 0 Å². The maximum Gasteiger partial charge on any atom is 0.256 e. The minimum absolute atomic E-state index is 0.203. The molecule has 0 spiro atoms. The van der Waals surface area contributed by atoms with Crippen molar-refractivity contribution in [2.75, 3.05) is 9.80 Å². The summed E-state index contributed by atoms with van der Waals surface area (Å²) in [5, 5.41) is 0. The molecule has 0 saturated heterocycles. The Morgan fingerprint density at radius 3 is 1.18 bits per heavy atom. The van der Waals surface area contributed by atoms with Crippen LogP contribution in [0.25, 0.3) is 66.8 Å². The van der Waals surface area contributed by atoms with E-state index in [0.717, 1.165) is 135 Å². The second kappa shape index (κ2) is 21.5. The van der Waals surface area contributed by atoms with Gasteiger partial charge in [-0.2, -0.15) is 0 Å². The van der Waals surface area contributed by atoms with E-state index in [9.17, 15) is 0 Å². The lowest BCUT2D eigenvalue weighted by atomic mass is 9.31. The molecule has 424 valence electrons. The van der Waals surface area contributed by atoms with Gasteiger partial charge in [0.25, 0.3) is 13.4 Å². The molecule has 1 saturated carbocycles. The molecule has 0 atom stereocenters. The van der Waals surface area contributed by atoms with Crippen molar-refractivity contribution < 1.29 is 9.47 Å². The average molecular weight is 1150 g/mol. The summed E-state index contributed by atoms with van der Waals surface area (Å²) in [5.41, 5.74) is 28.6. The number of anilines is 6. The van der Waals surface area contributed by atoms with Crippen LogP contribution in [-0.4, -0.2) is 13.4 Å². The molecular formula is C84H60B2N2O2. The molecule has 0 radical (unpaired) electrons. The molecule has 0 unspecified atom stereocenters. The summed E-state index contributed by atoms with van der Waals surface area (Å²) < 4.78 is 15.3. The van der Waals surface area contributed by atoms with Crippen LogP contribution in [0.15, 0.2) is 297 Å². The number of rotatable bonds is 9. The van der Waals surface area contributed by atoms with Crippen LogP contribution >= 0.6 is 0 Å². The second-order valence-electron chi connectivity index (χ2n) is 24.9. The zero-order valence-electron chi connectivity index (χ0n) is 49.8. The first-order valence-corrected chi connectivity index (χ1v) is 32.0. The number of hydrogen-bond acceptors (Lipinski definition) is 4. The fraction of sp³-hybridized carbons (Fsp3) is 0.0714. The molecule has 4 heterocycles. The third kappa shape index (κ3) is 8.68. The fourth-order valence-electron chi connectivity index (χ4n) is 15.5. The van der Waals surface area contributed by atoms with Crippen molar-refractivity contribution in [2.45, 2.75) is 38.0 Å². The quantitative estimate of drug-likeness (QED) is 0.135. The molecule has 1 fully saturated rings. The maximum absolute atomic E-state index is 7.76. The summed E-state index contributed by atoms with van der Waals surface area (Å²) in [6.45, 7) is -0.413. The highest BCUT2D eigenvalue weighted by molar-refractivity contribution is 7.02. The van der Waals surface area contributed by atoms with Crippen molar-refractivity contribution in [1.82, 2.24) is 0 Å². The van der Waals surface area contributed by atoms with Gasteiger partial charge in [0.1, 0.15) is 23.0 Å². The number of fused-ring (bicyclic) bond motifs is 8. The fourth-order valence-corrected chi connectivity index (χ4v) is 15.5. The van der Waals surface area contributed by atoms with Crippen molar-refractivity contribution in [1.29, 1.82) is 0 Å². The van der Waals surface area contributed by atoms with Gasteiger partial charge < -0.3 is 19.3 Å². The predicted molar refractivity (Wildman–Crippen MR) is 377 cm³/mol. The van der Waals surface area contributed by atoms with Crippen LogP contribution in [0, 0.1) is 0 Å². The molecule has 6 heteroatoms. The molecule has 4 nitrogen and oxygen atoms in total. The molecule has 4 aliphatic heterocycles. The molecule has 0 aromatic heterocycles. The Hall–Kier alpha value is -10.8. The van der Waals surface area contributed by atoms with Crippen LogP contribution in [0.3, 0.4) is 0 Å². The molecule has 0 bridgehead atoms. The van der Waals surface area contributed by atoms with Gasteiger partial charge in [0.05, 0.1) is 11.4 Å². The molecule has 13 aromatic carbocycles. The average Bonchev–Trinajstić information content (AvgIpc) is 0.723. The number of benzene rings is 13. The second-order valence-corrected chi connectivity index (χ2v) is 24.9. The molecule has 0 N–H and O–H groups in total. The molecule has 5 aliphatic rings. The monoisotopic (exact) mass is 1150 g/mol. The van der Waals surface area contributed by atoms with E-state index in [2.05, 4.69) is 307 Å². The predicted octanol–water partition coefficient (Wildman–Crippen LogP) is 18.5. The van der Waals surface area contributed by atoms with Gasteiger partial charge in [-0.05, 0) is 161 Å². The van der Waals surface area contributed by atoms with Crippen LogP contribution in [0.2, 0.25) is 0 Å². The van der Waals surface area contributed by atoms with Crippen molar-refractivity contribution in [3.8, 4) is 89.8 Å². The first-order chi connectivity index (χ1) is 44.6. The Bertz CT molecular complexity index is 4940. The summed E-state index contributed by atoms with van der Waals surface area (Å²) in [6.07, 6.45) is 6.46.